The summed E-state index contributed by atoms with van der Waals surface area (Å²) in [6.45, 7) is 5.25. The Hall–Kier alpha value is -6.35. The molecule has 3 N–H and O–H groups in total. The lowest BCUT2D eigenvalue weighted by molar-refractivity contribution is -0.151. The number of rotatable bonds is 8. The minimum atomic E-state index is -3.66. The minimum absolute atomic E-state index is 0.132. The van der Waals surface area contributed by atoms with E-state index in [0.29, 0.717) is 57.4 Å². The van der Waals surface area contributed by atoms with Gasteiger partial charge in [0, 0.05) is 23.6 Å². The van der Waals surface area contributed by atoms with Gasteiger partial charge in [0.1, 0.15) is 0 Å². The van der Waals surface area contributed by atoms with Crippen molar-refractivity contribution in [1.82, 2.24) is 24.5 Å². The molecule has 5 atom stereocenters. The molecular formula is C47H45FN6O6Si. The smallest absolute Gasteiger partial charge is 0.279 e. The maximum absolute atomic E-state index is 16.9. The fourth-order valence-corrected chi connectivity index (χ4v) is 12.8. The van der Waals surface area contributed by atoms with Crippen LogP contribution in [0.2, 0.25) is 18.6 Å². The SMILES string of the molecule is C[C@H]1[C@H]([Si](C)(C)F)[C@@H](CC(=O)N2Cc3ccccc3C[C@H]2CO)O[C@]12C(=O)N(Cc1ccc(-n3[nH]c4ccccc4c3=O)cc1)c1ccc(-n3[nH]c4ccccc4c3=O)cc12. The molecule has 12 nitrogen and oxygen atoms in total. The lowest BCUT2D eigenvalue weighted by Crippen LogP contribution is -2.48. The Balaban J connectivity index is 1.04. The number of nitrogens with zero attached hydrogens (tertiary/aromatic N) is 4. The maximum atomic E-state index is 16.9. The Bertz CT molecular complexity index is 3000. The molecule has 10 rings (SSSR count). The van der Waals surface area contributed by atoms with Gasteiger partial charge in [-0.15, -0.1) is 0 Å². The summed E-state index contributed by atoms with van der Waals surface area (Å²) in [5.41, 5.74) is 3.47. The minimum Gasteiger partial charge on any atom is -0.394 e. The van der Waals surface area contributed by atoms with Crippen molar-refractivity contribution in [3.8, 4) is 11.4 Å². The number of halogens is 1. The van der Waals surface area contributed by atoms with Crippen molar-refractivity contribution in [3.63, 3.8) is 0 Å². The zero-order valence-corrected chi connectivity index (χ0v) is 35.0. The number of aromatic nitrogens is 4. The van der Waals surface area contributed by atoms with E-state index < -0.39 is 37.6 Å². The van der Waals surface area contributed by atoms with Gasteiger partial charge in [0.2, 0.25) is 14.3 Å². The van der Waals surface area contributed by atoms with Gasteiger partial charge >= 0.3 is 0 Å². The molecule has 14 heteroatoms. The number of carbonyl (C=O) groups is 2. The molecule has 310 valence electrons. The molecule has 1 fully saturated rings. The Morgan fingerprint density at radius 2 is 1.41 bits per heavy atom. The standard InChI is InChI=1S/C47H45FN6O6Si/c1-28-43(61(2,3)48)41(24-42(56)51-26-31-11-5-4-10-30(31)22-34(51)27-55)60-47(28)37-23-33(54-45(58)36-13-7-9-15-39(36)50-54)20-21-40(37)52(46(47)59)25-29-16-18-32(19-17-29)53-44(57)35-12-6-8-14-38(35)49-53/h4-21,23,28,34,41,43,49-50,55H,22,24-27H2,1-3H3/t28-,34-,41+,43-,47+/m0/s1. The molecule has 5 aromatic carbocycles. The van der Waals surface area contributed by atoms with Gasteiger partial charge in [0.25, 0.3) is 17.0 Å². The second kappa shape index (κ2) is 14.4. The van der Waals surface area contributed by atoms with Crippen LogP contribution in [0.4, 0.5) is 9.80 Å². The van der Waals surface area contributed by atoms with Gasteiger partial charge in [-0.2, -0.15) is 0 Å². The molecule has 3 aliphatic rings. The first-order valence-corrected chi connectivity index (χ1v) is 23.6. The summed E-state index contributed by atoms with van der Waals surface area (Å²) in [6, 6.07) is 34.6. The fraction of sp³-hybridized carbons (Fsp3) is 0.277. The molecule has 2 aromatic heterocycles. The number of aliphatic hydroxyl groups excluding tert-OH is 1. The third-order valence-corrected chi connectivity index (χ3v) is 15.6. The van der Waals surface area contributed by atoms with Gasteiger partial charge in [-0.25, -0.2) is 9.36 Å². The van der Waals surface area contributed by atoms with Crippen LogP contribution in [0, 0.1) is 5.92 Å². The molecule has 5 heterocycles. The third-order valence-electron chi connectivity index (χ3n) is 13.2. The number of benzene rings is 5. The number of H-pyrrole nitrogens is 2. The molecule has 3 aliphatic heterocycles. The summed E-state index contributed by atoms with van der Waals surface area (Å²) in [4.78, 5) is 60.0. The number of carbonyl (C=O) groups excluding carboxylic acids is 2. The molecule has 61 heavy (non-hydrogen) atoms. The van der Waals surface area contributed by atoms with Crippen molar-refractivity contribution in [2.45, 2.75) is 69.2 Å². The van der Waals surface area contributed by atoms with Crippen LogP contribution in [-0.2, 0) is 39.4 Å². The molecule has 0 aliphatic carbocycles. The highest BCUT2D eigenvalue weighted by atomic mass is 28.4. The number of aromatic amines is 2. The fourth-order valence-electron chi connectivity index (χ4n) is 10.3. The molecule has 2 amide bonds. The van der Waals surface area contributed by atoms with Crippen LogP contribution in [-0.4, -0.2) is 68.5 Å². The van der Waals surface area contributed by atoms with Gasteiger partial charge < -0.3 is 23.8 Å². The average molecular weight is 837 g/mol. The van der Waals surface area contributed by atoms with E-state index in [-0.39, 0.29) is 42.5 Å². The molecule has 0 unspecified atom stereocenters. The summed E-state index contributed by atoms with van der Waals surface area (Å²) in [7, 11) is -3.66. The number of anilines is 1. The highest BCUT2D eigenvalue weighted by Gasteiger charge is 2.67. The average Bonchev–Trinajstić information content (AvgIpc) is 3.95. The van der Waals surface area contributed by atoms with Crippen molar-refractivity contribution in [2.24, 2.45) is 5.92 Å². The number of para-hydroxylation sites is 2. The summed E-state index contributed by atoms with van der Waals surface area (Å²) >= 11 is 0. The largest absolute Gasteiger partial charge is 0.394 e. The number of ether oxygens (including phenoxy) is 1. The van der Waals surface area contributed by atoms with E-state index >= 15 is 8.90 Å². The van der Waals surface area contributed by atoms with Crippen LogP contribution in [0.3, 0.4) is 0 Å². The lowest BCUT2D eigenvalue weighted by atomic mass is 9.82. The van der Waals surface area contributed by atoms with E-state index in [1.54, 1.807) is 59.3 Å². The van der Waals surface area contributed by atoms with Crippen LogP contribution in [0.25, 0.3) is 33.2 Å². The van der Waals surface area contributed by atoms with Crippen molar-refractivity contribution >= 4 is 47.7 Å². The normalized spacial score (nSPS) is 22.4. The van der Waals surface area contributed by atoms with Gasteiger partial charge in [-0.05, 0) is 90.8 Å². The second-order valence-corrected chi connectivity index (χ2v) is 21.0. The topological polar surface area (TPSA) is 146 Å². The number of amides is 2. The first kappa shape index (κ1) is 38.8. The van der Waals surface area contributed by atoms with Crippen molar-refractivity contribution in [2.75, 3.05) is 11.5 Å². The number of hydrogen-bond acceptors (Lipinski definition) is 6. The number of aliphatic hydroxyl groups is 1. The van der Waals surface area contributed by atoms with Gasteiger partial charge in [0.05, 0.1) is 70.6 Å². The number of hydrogen-bond donors (Lipinski definition) is 3. The zero-order chi connectivity index (χ0) is 42.4. The van der Waals surface area contributed by atoms with Gasteiger partial charge in [0.15, 0.2) is 5.60 Å². The molecule has 0 bridgehead atoms. The summed E-state index contributed by atoms with van der Waals surface area (Å²) in [5.74, 6) is -1.36. The van der Waals surface area contributed by atoms with Crippen LogP contribution >= 0.6 is 0 Å². The quantitative estimate of drug-likeness (QED) is 0.116. The van der Waals surface area contributed by atoms with E-state index in [2.05, 4.69) is 10.2 Å². The van der Waals surface area contributed by atoms with Crippen molar-refractivity contribution in [1.29, 1.82) is 0 Å². The molecular weight excluding hydrogens is 792 g/mol. The van der Waals surface area contributed by atoms with Gasteiger partial charge in [-0.3, -0.25) is 29.4 Å². The van der Waals surface area contributed by atoms with Crippen LogP contribution in [0.15, 0.2) is 125 Å². The Morgan fingerprint density at radius 3 is 2.03 bits per heavy atom. The predicted molar refractivity (Wildman–Crippen MR) is 233 cm³/mol. The van der Waals surface area contributed by atoms with E-state index in [1.165, 1.54) is 9.36 Å². The predicted octanol–water partition coefficient (Wildman–Crippen LogP) is 6.61. The third kappa shape index (κ3) is 6.14. The monoisotopic (exact) mass is 836 g/mol. The van der Waals surface area contributed by atoms with E-state index in [0.717, 1.165) is 16.7 Å². The maximum Gasteiger partial charge on any atom is 0.279 e. The molecule has 1 saturated heterocycles. The first-order chi connectivity index (χ1) is 29.4. The van der Waals surface area contributed by atoms with Crippen LogP contribution in [0.5, 0.6) is 0 Å². The van der Waals surface area contributed by atoms with Crippen LogP contribution < -0.4 is 16.0 Å². The zero-order valence-electron chi connectivity index (χ0n) is 34.0. The van der Waals surface area contributed by atoms with Crippen molar-refractivity contribution in [3.05, 3.63) is 158 Å². The lowest BCUT2D eigenvalue weighted by Gasteiger charge is -2.37. The summed E-state index contributed by atoms with van der Waals surface area (Å²) in [6.07, 6.45) is -0.628. The highest BCUT2D eigenvalue weighted by molar-refractivity contribution is 6.72. The van der Waals surface area contributed by atoms with E-state index in [4.69, 9.17) is 4.74 Å². The van der Waals surface area contributed by atoms with Crippen LogP contribution in [0.1, 0.15) is 35.6 Å². The van der Waals surface area contributed by atoms with Gasteiger partial charge in [-0.1, -0.05) is 67.6 Å². The molecule has 0 saturated carbocycles. The highest BCUT2D eigenvalue weighted by Crippen LogP contribution is 2.60. The van der Waals surface area contributed by atoms with Crippen molar-refractivity contribution < 1.29 is 23.5 Å². The van der Waals surface area contributed by atoms with E-state index in [1.807, 2.05) is 85.8 Å². The number of nitrogens with one attached hydrogen (secondary N) is 2. The first-order valence-electron chi connectivity index (χ1n) is 20.7. The summed E-state index contributed by atoms with van der Waals surface area (Å²) in [5, 5.41) is 17.8. The molecule has 1 spiro atoms. The Kier molecular flexibility index (Phi) is 9.16. The van der Waals surface area contributed by atoms with E-state index in [9.17, 15) is 19.5 Å². The molecule has 0 radical (unpaired) electrons. The Labute approximate surface area is 350 Å². The molecule has 7 aromatic rings. The number of fused-ring (bicyclic) bond motifs is 5. The second-order valence-electron chi connectivity index (χ2n) is 17.2. The summed E-state index contributed by atoms with van der Waals surface area (Å²) < 4.78 is 26.8. The Morgan fingerprint density at radius 1 is 0.820 bits per heavy atom.